The van der Waals surface area contributed by atoms with Gasteiger partial charge < -0.3 is 9.79 Å². The van der Waals surface area contributed by atoms with Gasteiger partial charge >= 0.3 is 58.4 Å². The van der Waals surface area contributed by atoms with Gasteiger partial charge in [-0.3, -0.25) is 48.3 Å². The quantitative estimate of drug-likeness (QED) is 0.0473. The molecule has 30 heteroatoms. The minimum atomic E-state index is -5.39. The van der Waals surface area contributed by atoms with E-state index >= 15 is 0 Å². The van der Waals surface area contributed by atoms with E-state index in [1.54, 1.807) is 13.0 Å². The molecule has 0 aromatic heterocycles. The molecule has 1 atom stereocenters. The summed E-state index contributed by atoms with van der Waals surface area (Å²) in [4.78, 5) is 71.1. The van der Waals surface area contributed by atoms with Crippen LogP contribution in [0.4, 0.5) is 21.0 Å². The van der Waals surface area contributed by atoms with Gasteiger partial charge in [0, 0.05) is 0 Å². The molecule has 0 radical (unpaired) electrons. The van der Waals surface area contributed by atoms with Crippen molar-refractivity contribution in [1.82, 2.24) is 0 Å². The summed E-state index contributed by atoms with van der Waals surface area (Å²) >= 11 is 0. The van der Waals surface area contributed by atoms with E-state index in [2.05, 4.69) is 0 Å². The maximum atomic E-state index is 10.4. The molecule has 0 aliphatic heterocycles. The molecule has 0 spiro atoms. The second-order valence-corrected chi connectivity index (χ2v) is 9.84. The Morgan fingerprint density at radius 1 is 0.676 bits per heavy atom. The van der Waals surface area contributed by atoms with E-state index in [9.17, 15) is 29.4 Å². The van der Waals surface area contributed by atoms with Gasteiger partial charge in [-0.1, -0.05) is 12.2 Å². The van der Waals surface area contributed by atoms with Crippen LogP contribution >= 0.6 is 39.5 Å². The van der Waals surface area contributed by atoms with Crippen LogP contribution in [0.15, 0.2) is 12.2 Å². The van der Waals surface area contributed by atoms with E-state index < -0.39 is 49.7 Å². The maximum Gasteiger partial charge on any atom is 1.00 e. The smallest absolute Gasteiger partial charge is 0.753 e. The van der Waals surface area contributed by atoms with Crippen LogP contribution in [0.3, 0.4) is 0 Å². The van der Waals surface area contributed by atoms with Gasteiger partial charge in [0.25, 0.3) is 10.1 Å². The topological polar surface area (TPSA) is 345 Å². The third-order valence-corrected chi connectivity index (χ3v) is 1.16. The molecule has 18 nitrogen and oxygen atoms in total. The average molecular weight is 642 g/mol. The first-order valence-corrected chi connectivity index (χ1v) is 15.0. The molecule has 0 rings (SSSR count). The van der Waals surface area contributed by atoms with Crippen molar-refractivity contribution >= 4 is 49.7 Å². The predicted octanol–water partition coefficient (Wildman–Crippen LogP) is -2.93. The van der Waals surface area contributed by atoms with E-state index in [0.29, 0.717) is 0 Å². The summed E-state index contributed by atoms with van der Waals surface area (Å²) in [6, 6.07) is 0. The van der Waals surface area contributed by atoms with Gasteiger partial charge in [0.1, 0.15) is 0 Å². The Hall–Kier alpha value is 0.647. The third kappa shape index (κ3) is 1030. The minimum Gasteiger partial charge on any atom is -0.753 e. The standard InChI is InChI=1S/C4H8O3S.5FH2O3P.Li/c1-2-3-4-8(5,6)7;5*1-5(2,3)4;/h2-3H,4H2,1H3,(H,5,6,7);5*(H2,2,3,4);/q;;;;;;+1/p-1. The van der Waals surface area contributed by atoms with E-state index in [0.717, 1.165) is 0 Å². The fourth-order valence-corrected chi connectivity index (χ4v) is 0.653. The van der Waals surface area contributed by atoms with Crippen molar-refractivity contribution in [2.45, 2.75) is 6.92 Å². The van der Waals surface area contributed by atoms with E-state index in [4.69, 9.17) is 76.3 Å². The zero-order valence-corrected chi connectivity index (χ0v) is 21.4. The molecular formula is C4H17F5LiO18P5S. The van der Waals surface area contributed by atoms with Crippen LogP contribution in [0, 0.1) is 0 Å². The first-order chi connectivity index (χ1) is 13.6. The molecular weight excluding hydrogens is 625 g/mol. The Morgan fingerprint density at radius 2 is 0.794 bits per heavy atom. The van der Waals surface area contributed by atoms with Crippen LogP contribution in [0.25, 0.3) is 0 Å². The Labute approximate surface area is 199 Å². The van der Waals surface area contributed by atoms with E-state index in [-0.39, 0.29) is 24.6 Å². The molecule has 0 heterocycles. The SMILES string of the molecule is CC=CCS(=O)(=O)O.O=P(O)(O)F.O=P(O)(O)F.O=P(O)(O)F.O=P(O)(O)F.O=P([O-])(O)F.[Li+]. The zero-order chi connectivity index (χ0) is 29.1. The van der Waals surface area contributed by atoms with Crippen LogP contribution in [-0.4, -0.2) is 62.8 Å². The van der Waals surface area contributed by atoms with Crippen LogP contribution in [0.2, 0.25) is 0 Å². The predicted molar refractivity (Wildman–Crippen MR) is 94.8 cm³/mol. The van der Waals surface area contributed by atoms with Crippen LogP contribution in [-0.2, 0) is 32.9 Å². The molecule has 0 fully saturated rings. The Kier molecular flexibility index (Phi) is 34.4. The molecule has 0 saturated carbocycles. The molecule has 0 saturated heterocycles. The van der Waals surface area contributed by atoms with Crippen molar-refractivity contribution in [3.8, 4) is 0 Å². The second-order valence-electron chi connectivity index (χ2n) is 3.66. The van der Waals surface area contributed by atoms with Crippen LogP contribution in [0.1, 0.15) is 6.92 Å². The van der Waals surface area contributed by atoms with Gasteiger partial charge in [-0.25, -0.2) is 18.3 Å². The van der Waals surface area contributed by atoms with Crippen LogP contribution in [0.5, 0.6) is 0 Å². The van der Waals surface area contributed by atoms with Crippen molar-refractivity contribution in [3.05, 3.63) is 12.2 Å². The summed E-state index contributed by atoms with van der Waals surface area (Å²) in [5.41, 5.74) is 0. The molecule has 0 aliphatic rings. The van der Waals surface area contributed by atoms with Crippen LogP contribution < -0.4 is 23.8 Å². The molecule has 208 valence electrons. The molecule has 0 amide bonds. The molecule has 0 aromatic rings. The summed E-state index contributed by atoms with van der Waals surface area (Å²) in [6.45, 7) is 1.69. The monoisotopic (exact) mass is 642 g/mol. The van der Waals surface area contributed by atoms with Crippen molar-refractivity contribution in [3.63, 3.8) is 0 Å². The number of hydrogen-bond donors (Lipinski definition) is 10. The van der Waals surface area contributed by atoms with Gasteiger partial charge in [-0.2, -0.15) is 12.6 Å². The molecule has 1 unspecified atom stereocenters. The largest absolute Gasteiger partial charge is 1.00 e. The number of rotatable bonds is 2. The Bertz CT molecular complexity index is 693. The number of halogens is 5. The molecule has 0 aromatic carbocycles. The normalized spacial score (nSPS) is 13.1. The number of allylic oxidation sites excluding steroid dienone is 1. The summed E-state index contributed by atoms with van der Waals surface area (Å²) in [7, 11) is -29.7. The molecule has 0 bridgehead atoms. The molecule has 0 aliphatic carbocycles. The first-order valence-electron chi connectivity index (χ1n) is 5.86. The fourth-order valence-electron chi connectivity index (χ4n) is 0.218. The van der Waals surface area contributed by atoms with Gasteiger partial charge in [0.05, 0.1) is 5.75 Å². The van der Waals surface area contributed by atoms with Gasteiger partial charge in [0.15, 0.2) is 0 Å². The summed E-state index contributed by atoms with van der Waals surface area (Å²) in [5.74, 6) is -0.288. The van der Waals surface area contributed by atoms with Crippen molar-refractivity contribution in [1.29, 1.82) is 0 Å². The van der Waals surface area contributed by atoms with Crippen molar-refractivity contribution < 1.29 is 125 Å². The first kappa shape index (κ1) is 51.3. The molecule has 10 N–H and O–H groups in total. The van der Waals surface area contributed by atoms with Gasteiger partial charge in [-0.15, -0.1) is 16.8 Å². The average Bonchev–Trinajstić information content (AvgIpc) is 2.24. The Morgan fingerprint density at radius 3 is 0.824 bits per heavy atom. The fraction of sp³-hybridized carbons (Fsp3) is 0.500. The van der Waals surface area contributed by atoms with Crippen molar-refractivity contribution in [2.24, 2.45) is 0 Å². The summed E-state index contributed by atoms with van der Waals surface area (Å²) in [5, 5.41) is 0. The van der Waals surface area contributed by atoms with E-state index in [1.165, 1.54) is 6.08 Å². The summed E-state index contributed by atoms with van der Waals surface area (Å²) in [6.07, 6.45) is 2.93. The van der Waals surface area contributed by atoms with Gasteiger partial charge in [0.2, 0.25) is 0 Å². The third-order valence-electron chi connectivity index (χ3n) is 0.543. The van der Waals surface area contributed by atoms with Gasteiger partial charge in [-0.05, 0) is 6.92 Å². The van der Waals surface area contributed by atoms with E-state index in [1.807, 2.05) is 0 Å². The molecule has 34 heavy (non-hydrogen) atoms. The van der Waals surface area contributed by atoms with Crippen molar-refractivity contribution in [2.75, 3.05) is 5.75 Å². The zero-order valence-electron chi connectivity index (χ0n) is 16.1. The summed E-state index contributed by atoms with van der Waals surface area (Å²) < 4.78 is 123. The number of hydrogen-bond acceptors (Lipinski definition) is 8. The second kappa shape index (κ2) is 22.8. The maximum absolute atomic E-state index is 10.4. The Balaban J connectivity index is -0.0000000518. The minimum absolute atomic E-state index is 0.